The smallest absolute Gasteiger partial charge is 0.255 e. The number of para-hydroxylation sites is 1. The Hall–Kier alpha value is -1.61. The van der Waals surface area contributed by atoms with Crippen molar-refractivity contribution in [2.45, 2.75) is 33.1 Å². The van der Waals surface area contributed by atoms with Crippen LogP contribution in [0.5, 0.6) is 0 Å². The van der Waals surface area contributed by atoms with Crippen molar-refractivity contribution in [3.05, 3.63) is 63.6 Å². The minimum Gasteiger partial charge on any atom is -0.322 e. The summed E-state index contributed by atoms with van der Waals surface area (Å²) in [7, 11) is 0. The summed E-state index contributed by atoms with van der Waals surface area (Å²) in [6.45, 7) is 6.27. The lowest BCUT2D eigenvalue weighted by Gasteiger charge is -2.16. The number of hydrogen-bond acceptors (Lipinski definition) is 1. The van der Waals surface area contributed by atoms with Gasteiger partial charge in [-0.05, 0) is 48.6 Å². The summed E-state index contributed by atoms with van der Waals surface area (Å²) in [6, 6.07) is 13.7. The molecular formula is C18H20BrNO. The Morgan fingerprint density at radius 3 is 2.62 bits per heavy atom. The predicted molar refractivity (Wildman–Crippen MR) is 92.0 cm³/mol. The molecule has 2 aromatic rings. The average Bonchev–Trinajstić information content (AvgIpc) is 2.49. The molecule has 0 saturated carbocycles. The predicted octanol–water partition coefficient (Wildman–Crippen LogP) is 5.52. The van der Waals surface area contributed by atoms with E-state index in [4.69, 9.17) is 0 Å². The van der Waals surface area contributed by atoms with Gasteiger partial charge in [0, 0.05) is 15.7 Å². The summed E-state index contributed by atoms with van der Waals surface area (Å²) in [5.41, 5.74) is 3.73. The molecule has 0 aliphatic rings. The van der Waals surface area contributed by atoms with Crippen molar-refractivity contribution in [1.82, 2.24) is 0 Å². The topological polar surface area (TPSA) is 29.1 Å². The molecular weight excluding hydrogens is 326 g/mol. The third-order valence-electron chi connectivity index (χ3n) is 3.86. The van der Waals surface area contributed by atoms with Crippen molar-refractivity contribution < 1.29 is 4.79 Å². The van der Waals surface area contributed by atoms with Crippen LogP contribution in [0.15, 0.2) is 46.9 Å². The fourth-order valence-corrected chi connectivity index (χ4v) is 2.67. The first-order valence-electron chi connectivity index (χ1n) is 7.20. The summed E-state index contributed by atoms with van der Waals surface area (Å²) >= 11 is 3.47. The van der Waals surface area contributed by atoms with E-state index in [0.29, 0.717) is 11.5 Å². The second-order valence-electron chi connectivity index (χ2n) is 5.26. The molecule has 2 nitrogen and oxygen atoms in total. The first-order chi connectivity index (χ1) is 10.0. The molecule has 21 heavy (non-hydrogen) atoms. The molecule has 1 atom stereocenters. The molecule has 0 aromatic heterocycles. The molecule has 1 unspecified atom stereocenters. The Bertz CT molecular complexity index is 651. The third-order valence-corrected chi connectivity index (χ3v) is 4.72. The van der Waals surface area contributed by atoms with E-state index in [1.165, 1.54) is 5.56 Å². The van der Waals surface area contributed by atoms with Gasteiger partial charge in [0.2, 0.25) is 0 Å². The Morgan fingerprint density at radius 1 is 1.19 bits per heavy atom. The lowest BCUT2D eigenvalue weighted by Crippen LogP contribution is -2.15. The van der Waals surface area contributed by atoms with Gasteiger partial charge in [-0.3, -0.25) is 4.79 Å². The van der Waals surface area contributed by atoms with Crippen molar-refractivity contribution in [3.8, 4) is 0 Å². The van der Waals surface area contributed by atoms with Gasteiger partial charge in [-0.25, -0.2) is 0 Å². The van der Waals surface area contributed by atoms with E-state index in [-0.39, 0.29) is 5.91 Å². The summed E-state index contributed by atoms with van der Waals surface area (Å²) in [6.07, 6.45) is 1.04. The number of rotatable bonds is 4. The zero-order valence-electron chi connectivity index (χ0n) is 12.6. The molecule has 3 heteroatoms. The minimum absolute atomic E-state index is 0.0652. The normalized spacial score (nSPS) is 12.0. The van der Waals surface area contributed by atoms with E-state index in [9.17, 15) is 4.79 Å². The molecule has 0 aliphatic carbocycles. The van der Waals surface area contributed by atoms with Gasteiger partial charge >= 0.3 is 0 Å². The Morgan fingerprint density at radius 2 is 1.90 bits per heavy atom. The van der Waals surface area contributed by atoms with Crippen molar-refractivity contribution in [1.29, 1.82) is 0 Å². The van der Waals surface area contributed by atoms with Crippen LogP contribution < -0.4 is 5.32 Å². The third kappa shape index (κ3) is 3.53. The minimum atomic E-state index is -0.0652. The largest absolute Gasteiger partial charge is 0.322 e. The highest BCUT2D eigenvalue weighted by Gasteiger charge is 2.14. The average molecular weight is 346 g/mol. The molecule has 0 radical (unpaired) electrons. The zero-order valence-corrected chi connectivity index (χ0v) is 14.2. The highest BCUT2D eigenvalue weighted by Crippen LogP contribution is 2.27. The lowest BCUT2D eigenvalue weighted by atomic mass is 9.96. The van der Waals surface area contributed by atoms with Gasteiger partial charge in [0.1, 0.15) is 0 Å². The second kappa shape index (κ2) is 6.90. The fraction of sp³-hybridized carbons (Fsp3) is 0.278. The number of carbonyl (C=O) groups excluding carboxylic acids is 1. The van der Waals surface area contributed by atoms with Crippen molar-refractivity contribution in [2.75, 3.05) is 5.32 Å². The zero-order chi connectivity index (χ0) is 15.4. The standard InChI is InChI=1S/C18H20BrNO/c1-4-12(2)14-8-5-6-11-17(14)20-18(21)15-9-7-10-16(19)13(15)3/h5-12H,4H2,1-3H3,(H,20,21). The Labute approximate surface area is 134 Å². The van der Waals surface area contributed by atoms with Crippen molar-refractivity contribution in [2.24, 2.45) is 0 Å². The van der Waals surface area contributed by atoms with Crippen LogP contribution in [-0.2, 0) is 0 Å². The number of carbonyl (C=O) groups is 1. The van der Waals surface area contributed by atoms with Gasteiger partial charge < -0.3 is 5.32 Å². The molecule has 0 spiro atoms. The fourth-order valence-electron chi connectivity index (χ4n) is 2.30. The van der Waals surface area contributed by atoms with Crippen LogP contribution >= 0.6 is 15.9 Å². The number of amides is 1. The molecule has 0 bridgehead atoms. The van der Waals surface area contributed by atoms with Crippen LogP contribution in [0, 0.1) is 6.92 Å². The van der Waals surface area contributed by atoms with Gasteiger partial charge in [0.15, 0.2) is 0 Å². The van der Waals surface area contributed by atoms with E-state index in [1.54, 1.807) is 0 Å². The summed E-state index contributed by atoms with van der Waals surface area (Å²) in [5.74, 6) is 0.356. The number of anilines is 1. The molecule has 1 amide bonds. The van der Waals surface area contributed by atoms with E-state index in [1.807, 2.05) is 43.3 Å². The van der Waals surface area contributed by atoms with Crippen LogP contribution in [0.3, 0.4) is 0 Å². The second-order valence-corrected chi connectivity index (χ2v) is 6.12. The van der Waals surface area contributed by atoms with Gasteiger partial charge in [0.05, 0.1) is 0 Å². The molecule has 0 saturated heterocycles. The molecule has 110 valence electrons. The highest BCUT2D eigenvalue weighted by molar-refractivity contribution is 9.10. The lowest BCUT2D eigenvalue weighted by molar-refractivity contribution is 0.102. The number of nitrogens with one attached hydrogen (secondary N) is 1. The van der Waals surface area contributed by atoms with E-state index in [0.717, 1.165) is 22.1 Å². The maximum Gasteiger partial charge on any atom is 0.255 e. The number of hydrogen-bond donors (Lipinski definition) is 1. The SMILES string of the molecule is CCC(C)c1ccccc1NC(=O)c1cccc(Br)c1C. The summed E-state index contributed by atoms with van der Waals surface area (Å²) in [4.78, 5) is 12.5. The van der Waals surface area contributed by atoms with Crippen LogP contribution in [0.2, 0.25) is 0 Å². The quantitative estimate of drug-likeness (QED) is 0.776. The highest BCUT2D eigenvalue weighted by atomic mass is 79.9. The van der Waals surface area contributed by atoms with Crippen molar-refractivity contribution in [3.63, 3.8) is 0 Å². The monoisotopic (exact) mass is 345 g/mol. The maximum absolute atomic E-state index is 12.5. The van der Waals surface area contributed by atoms with Crippen LogP contribution in [-0.4, -0.2) is 5.91 Å². The molecule has 0 fully saturated rings. The van der Waals surface area contributed by atoms with Gasteiger partial charge in [-0.2, -0.15) is 0 Å². The number of halogens is 1. The first-order valence-corrected chi connectivity index (χ1v) is 7.99. The Balaban J connectivity index is 2.30. The van der Waals surface area contributed by atoms with Crippen molar-refractivity contribution >= 4 is 27.5 Å². The maximum atomic E-state index is 12.5. The van der Waals surface area contributed by atoms with Crippen LogP contribution in [0.25, 0.3) is 0 Å². The van der Waals surface area contributed by atoms with E-state index in [2.05, 4.69) is 41.2 Å². The Kier molecular flexibility index (Phi) is 5.18. The molecule has 2 rings (SSSR count). The van der Waals surface area contributed by atoms with Gasteiger partial charge in [-0.15, -0.1) is 0 Å². The molecule has 2 aromatic carbocycles. The van der Waals surface area contributed by atoms with Crippen LogP contribution in [0.4, 0.5) is 5.69 Å². The van der Waals surface area contributed by atoms with E-state index >= 15 is 0 Å². The first kappa shape index (κ1) is 15.8. The summed E-state index contributed by atoms with van der Waals surface area (Å²) in [5, 5.41) is 3.05. The van der Waals surface area contributed by atoms with Gasteiger partial charge in [0.25, 0.3) is 5.91 Å². The van der Waals surface area contributed by atoms with E-state index < -0.39 is 0 Å². The molecule has 0 aliphatic heterocycles. The number of benzene rings is 2. The van der Waals surface area contributed by atoms with Crippen LogP contribution in [0.1, 0.15) is 47.7 Å². The van der Waals surface area contributed by atoms with Gasteiger partial charge in [-0.1, -0.05) is 54.0 Å². The molecule has 1 N–H and O–H groups in total. The molecule has 0 heterocycles. The summed E-state index contributed by atoms with van der Waals surface area (Å²) < 4.78 is 0.949.